The van der Waals surface area contributed by atoms with Crippen LogP contribution in [0.4, 0.5) is 0 Å². The first-order valence-corrected chi connectivity index (χ1v) is 3.83. The lowest BCUT2D eigenvalue weighted by molar-refractivity contribution is -0.136. The van der Waals surface area contributed by atoms with Gasteiger partial charge < -0.3 is 9.47 Å². The third-order valence-electron chi connectivity index (χ3n) is 1.89. The number of carbonyl (C=O) groups is 1. The van der Waals surface area contributed by atoms with Gasteiger partial charge in [-0.2, -0.15) is 0 Å². The molecule has 66 valence electrons. The first-order valence-electron chi connectivity index (χ1n) is 3.83. The molecule has 0 N–H and O–H groups in total. The van der Waals surface area contributed by atoms with E-state index in [9.17, 15) is 4.79 Å². The van der Waals surface area contributed by atoms with Gasteiger partial charge >= 0.3 is 5.97 Å². The van der Waals surface area contributed by atoms with Crippen LogP contribution in [0.25, 0.3) is 0 Å². The van der Waals surface area contributed by atoms with Crippen molar-refractivity contribution in [2.24, 2.45) is 0 Å². The molecule has 3 heteroatoms. The number of rotatable bonds is 3. The first-order chi connectivity index (χ1) is 5.70. The summed E-state index contributed by atoms with van der Waals surface area (Å²) in [4.78, 5) is 11.1. The van der Waals surface area contributed by atoms with Gasteiger partial charge in [-0.05, 0) is 6.42 Å². The third-order valence-corrected chi connectivity index (χ3v) is 1.89. The molecule has 0 aromatic heterocycles. The Bertz CT molecular complexity index is 250. The van der Waals surface area contributed by atoms with E-state index in [0.717, 1.165) is 5.57 Å². The average Bonchev–Trinajstić information content (AvgIpc) is 2.45. The van der Waals surface area contributed by atoms with Gasteiger partial charge in [0, 0.05) is 11.1 Å². The molecule has 0 fully saturated rings. The standard InChI is InChI=1S/C9H12O3/c1-4-7-8(6(2)11-3)5-12-9(7)10/h2,4-5H2,1,3H3. The maximum absolute atomic E-state index is 11.1. The molecule has 3 nitrogen and oxygen atoms in total. The summed E-state index contributed by atoms with van der Waals surface area (Å²) in [5.41, 5.74) is 1.48. The largest absolute Gasteiger partial charge is 0.497 e. The van der Waals surface area contributed by atoms with Crippen molar-refractivity contribution >= 4 is 5.97 Å². The van der Waals surface area contributed by atoms with Crippen LogP contribution in [0, 0.1) is 0 Å². The molecule has 0 aliphatic carbocycles. The summed E-state index contributed by atoms with van der Waals surface area (Å²) in [5, 5.41) is 0. The minimum atomic E-state index is -0.245. The molecule has 0 radical (unpaired) electrons. The van der Waals surface area contributed by atoms with Crippen LogP contribution >= 0.6 is 0 Å². The molecule has 0 saturated carbocycles. The predicted octanol–water partition coefficient (Wildman–Crippen LogP) is 1.41. The lowest BCUT2D eigenvalue weighted by atomic mass is 10.1. The number of hydrogen-bond donors (Lipinski definition) is 0. The number of ether oxygens (including phenoxy) is 2. The number of esters is 1. The van der Waals surface area contributed by atoms with Crippen LogP contribution in [0.15, 0.2) is 23.5 Å². The lowest BCUT2D eigenvalue weighted by Crippen LogP contribution is -1.97. The van der Waals surface area contributed by atoms with Crippen molar-refractivity contribution in [2.75, 3.05) is 13.7 Å². The van der Waals surface area contributed by atoms with E-state index >= 15 is 0 Å². The van der Waals surface area contributed by atoms with Gasteiger partial charge in [0.2, 0.25) is 0 Å². The Kier molecular flexibility index (Phi) is 2.53. The summed E-state index contributed by atoms with van der Waals surface area (Å²) in [6.45, 7) is 5.88. The molecule has 0 bridgehead atoms. The molecule has 0 aromatic carbocycles. The van der Waals surface area contributed by atoms with E-state index < -0.39 is 0 Å². The van der Waals surface area contributed by atoms with E-state index in [4.69, 9.17) is 9.47 Å². The molecule has 1 rings (SSSR count). The molecule has 0 aromatic rings. The Labute approximate surface area is 71.7 Å². The van der Waals surface area contributed by atoms with Gasteiger partial charge in [0.15, 0.2) is 0 Å². The highest BCUT2D eigenvalue weighted by Gasteiger charge is 2.25. The van der Waals surface area contributed by atoms with Crippen molar-refractivity contribution < 1.29 is 14.3 Å². The van der Waals surface area contributed by atoms with E-state index in [1.807, 2.05) is 6.92 Å². The fraction of sp³-hybridized carbons (Fsp3) is 0.444. The number of carbonyl (C=O) groups excluding carboxylic acids is 1. The molecule has 1 aliphatic heterocycles. The molecule has 0 amide bonds. The highest BCUT2D eigenvalue weighted by Crippen LogP contribution is 2.24. The second-order valence-corrected chi connectivity index (χ2v) is 2.51. The van der Waals surface area contributed by atoms with Gasteiger partial charge in [-0.1, -0.05) is 13.5 Å². The van der Waals surface area contributed by atoms with Crippen LogP contribution in [-0.4, -0.2) is 19.7 Å². The maximum atomic E-state index is 11.1. The van der Waals surface area contributed by atoms with E-state index in [1.165, 1.54) is 7.11 Å². The fourth-order valence-electron chi connectivity index (χ4n) is 1.16. The molecule has 0 saturated heterocycles. The molecule has 0 atom stereocenters. The van der Waals surface area contributed by atoms with Crippen LogP contribution < -0.4 is 0 Å². The highest BCUT2D eigenvalue weighted by molar-refractivity contribution is 5.92. The van der Waals surface area contributed by atoms with Gasteiger partial charge in [-0.15, -0.1) is 0 Å². The van der Waals surface area contributed by atoms with E-state index in [-0.39, 0.29) is 5.97 Å². The summed E-state index contributed by atoms with van der Waals surface area (Å²) >= 11 is 0. The monoisotopic (exact) mass is 168 g/mol. The topological polar surface area (TPSA) is 35.5 Å². The van der Waals surface area contributed by atoms with Gasteiger partial charge in [0.05, 0.1) is 7.11 Å². The maximum Gasteiger partial charge on any atom is 0.334 e. The van der Waals surface area contributed by atoms with Crippen LogP contribution in [-0.2, 0) is 14.3 Å². The zero-order valence-corrected chi connectivity index (χ0v) is 7.35. The Morgan fingerprint density at radius 3 is 2.92 bits per heavy atom. The molecule has 1 heterocycles. The van der Waals surface area contributed by atoms with Crippen molar-refractivity contribution in [1.82, 2.24) is 0 Å². The van der Waals surface area contributed by atoms with Gasteiger partial charge in [0.25, 0.3) is 0 Å². The molecular formula is C9H12O3. The summed E-state index contributed by atoms with van der Waals surface area (Å²) in [5.74, 6) is 0.281. The molecule has 0 unspecified atom stereocenters. The molecule has 12 heavy (non-hydrogen) atoms. The van der Waals surface area contributed by atoms with Crippen LogP contribution in [0.5, 0.6) is 0 Å². The SMILES string of the molecule is C=C(OC)C1=C(CC)C(=O)OC1. The Morgan fingerprint density at radius 2 is 2.42 bits per heavy atom. The summed E-state index contributed by atoms with van der Waals surface area (Å²) < 4.78 is 9.77. The zero-order chi connectivity index (χ0) is 9.14. The second-order valence-electron chi connectivity index (χ2n) is 2.51. The molecule has 1 aliphatic rings. The summed E-state index contributed by atoms with van der Waals surface area (Å²) in [7, 11) is 1.53. The normalized spacial score (nSPS) is 16.3. The zero-order valence-electron chi connectivity index (χ0n) is 7.35. The van der Waals surface area contributed by atoms with Gasteiger partial charge in [-0.3, -0.25) is 0 Å². The second kappa shape index (κ2) is 3.43. The van der Waals surface area contributed by atoms with Gasteiger partial charge in [-0.25, -0.2) is 4.79 Å². The number of cyclic esters (lactones) is 1. The fourth-order valence-corrected chi connectivity index (χ4v) is 1.16. The smallest absolute Gasteiger partial charge is 0.334 e. The highest BCUT2D eigenvalue weighted by atomic mass is 16.5. The number of methoxy groups -OCH3 is 1. The van der Waals surface area contributed by atoms with Crippen molar-refractivity contribution in [1.29, 1.82) is 0 Å². The van der Waals surface area contributed by atoms with Crippen molar-refractivity contribution in [3.63, 3.8) is 0 Å². The molecular weight excluding hydrogens is 156 g/mol. The Balaban J connectivity index is 2.93. The van der Waals surface area contributed by atoms with E-state index in [2.05, 4.69) is 6.58 Å². The van der Waals surface area contributed by atoms with Crippen LogP contribution in [0.1, 0.15) is 13.3 Å². The molecule has 0 spiro atoms. The lowest BCUT2D eigenvalue weighted by Gasteiger charge is -2.03. The third kappa shape index (κ3) is 1.35. The van der Waals surface area contributed by atoms with E-state index in [0.29, 0.717) is 24.4 Å². The summed E-state index contributed by atoms with van der Waals surface area (Å²) in [6.07, 6.45) is 0.663. The van der Waals surface area contributed by atoms with Gasteiger partial charge in [0.1, 0.15) is 12.4 Å². The summed E-state index contributed by atoms with van der Waals surface area (Å²) in [6, 6.07) is 0. The van der Waals surface area contributed by atoms with Crippen LogP contribution in [0.3, 0.4) is 0 Å². The van der Waals surface area contributed by atoms with Crippen LogP contribution in [0.2, 0.25) is 0 Å². The Hall–Kier alpha value is -1.25. The minimum Gasteiger partial charge on any atom is -0.497 e. The quantitative estimate of drug-likeness (QED) is 0.472. The van der Waals surface area contributed by atoms with Crippen molar-refractivity contribution in [2.45, 2.75) is 13.3 Å². The minimum absolute atomic E-state index is 0.245. The first kappa shape index (κ1) is 8.84. The van der Waals surface area contributed by atoms with Crippen molar-refractivity contribution in [3.8, 4) is 0 Å². The van der Waals surface area contributed by atoms with Crippen molar-refractivity contribution in [3.05, 3.63) is 23.5 Å². The average molecular weight is 168 g/mol. The predicted molar refractivity (Wildman–Crippen MR) is 44.4 cm³/mol. The van der Waals surface area contributed by atoms with E-state index in [1.54, 1.807) is 0 Å². The number of hydrogen-bond acceptors (Lipinski definition) is 3. The Morgan fingerprint density at radius 1 is 1.75 bits per heavy atom.